The van der Waals surface area contributed by atoms with Crippen LogP contribution in [0.3, 0.4) is 0 Å². The Balaban J connectivity index is 1.37. The summed E-state index contributed by atoms with van der Waals surface area (Å²) in [4.78, 5) is 35.9. The van der Waals surface area contributed by atoms with Crippen LogP contribution in [-0.4, -0.2) is 31.1 Å². The second kappa shape index (κ2) is 9.71. The molecule has 0 heterocycles. The molecule has 0 spiro atoms. The summed E-state index contributed by atoms with van der Waals surface area (Å²) in [6.07, 6.45) is 7.12. The quantitative estimate of drug-likeness (QED) is 0.512. The van der Waals surface area contributed by atoms with E-state index >= 15 is 0 Å². The molecule has 1 N–H and O–H groups in total. The van der Waals surface area contributed by atoms with Gasteiger partial charge in [0.25, 0.3) is 5.91 Å². The topological polar surface area (TPSA) is 81.7 Å². The summed E-state index contributed by atoms with van der Waals surface area (Å²) in [6.45, 7) is 2.14. The summed E-state index contributed by atoms with van der Waals surface area (Å²) in [5.41, 5.74) is 0.977. The Morgan fingerprint density at radius 1 is 1.07 bits per heavy atom. The lowest BCUT2D eigenvalue weighted by atomic mass is 9.86. The maximum absolute atomic E-state index is 12.0. The fraction of sp³-hybridized carbons (Fsp3) is 0.591. The highest BCUT2D eigenvalue weighted by atomic mass is 16.5. The van der Waals surface area contributed by atoms with E-state index in [0.29, 0.717) is 36.1 Å². The molecular weight excluding hydrogens is 358 g/mol. The van der Waals surface area contributed by atoms with Crippen LogP contribution in [-0.2, 0) is 19.1 Å². The van der Waals surface area contributed by atoms with Gasteiger partial charge in [0.15, 0.2) is 6.61 Å². The SMILES string of the molecule is CCCCOC(=O)c1ccc(NC(=O)COC(=O)C[C@@H]2C[C@@H]3CC[C@@H]2C3)cc1. The summed E-state index contributed by atoms with van der Waals surface area (Å²) < 4.78 is 10.3. The van der Waals surface area contributed by atoms with Gasteiger partial charge in [0.05, 0.1) is 12.2 Å². The molecule has 3 atom stereocenters. The van der Waals surface area contributed by atoms with Crippen LogP contribution in [0.4, 0.5) is 5.69 Å². The van der Waals surface area contributed by atoms with Gasteiger partial charge in [-0.25, -0.2) is 4.79 Å². The van der Waals surface area contributed by atoms with Gasteiger partial charge in [-0.3, -0.25) is 9.59 Å². The van der Waals surface area contributed by atoms with Gasteiger partial charge in [0.2, 0.25) is 0 Å². The standard InChI is InChI=1S/C22H29NO5/c1-2-3-10-27-22(26)16-6-8-19(9-7-16)23-20(24)14-28-21(25)13-18-12-15-4-5-17(18)11-15/h6-9,15,17-18H,2-5,10-14H2,1H3,(H,23,24)/t15-,17-,18+/m1/s1. The van der Waals surface area contributed by atoms with Gasteiger partial charge in [-0.2, -0.15) is 0 Å². The minimum absolute atomic E-state index is 0.291. The zero-order valence-corrected chi connectivity index (χ0v) is 16.4. The number of nitrogens with one attached hydrogen (secondary N) is 1. The van der Waals surface area contributed by atoms with Crippen molar-refractivity contribution >= 4 is 23.5 Å². The third-order valence-electron chi connectivity index (χ3n) is 5.81. The van der Waals surface area contributed by atoms with Gasteiger partial charge in [0, 0.05) is 12.1 Å². The summed E-state index contributed by atoms with van der Waals surface area (Å²) in [7, 11) is 0. The Morgan fingerprint density at radius 2 is 1.86 bits per heavy atom. The van der Waals surface area contributed by atoms with Crippen molar-refractivity contribution in [3.8, 4) is 0 Å². The molecule has 0 aromatic heterocycles. The summed E-state index contributed by atoms with van der Waals surface area (Å²) in [5, 5.41) is 2.67. The van der Waals surface area contributed by atoms with Gasteiger partial charge < -0.3 is 14.8 Å². The molecule has 2 aliphatic rings. The van der Waals surface area contributed by atoms with Gasteiger partial charge in [0.1, 0.15) is 0 Å². The molecule has 6 heteroatoms. The number of carbonyl (C=O) groups is 3. The van der Waals surface area contributed by atoms with E-state index in [1.54, 1.807) is 24.3 Å². The number of unbranched alkanes of at least 4 members (excludes halogenated alkanes) is 1. The molecule has 2 aliphatic carbocycles. The number of hydrogen-bond donors (Lipinski definition) is 1. The average Bonchev–Trinajstić information content (AvgIpc) is 3.30. The van der Waals surface area contributed by atoms with E-state index < -0.39 is 0 Å². The number of carbonyl (C=O) groups excluding carboxylic acids is 3. The zero-order chi connectivity index (χ0) is 19.9. The van der Waals surface area contributed by atoms with Crippen molar-refractivity contribution < 1.29 is 23.9 Å². The second-order valence-electron chi connectivity index (χ2n) is 7.91. The normalized spacial score (nSPS) is 22.7. The van der Waals surface area contributed by atoms with Crippen LogP contribution in [0, 0.1) is 17.8 Å². The first kappa shape index (κ1) is 20.4. The lowest BCUT2D eigenvalue weighted by Gasteiger charge is -2.20. The van der Waals surface area contributed by atoms with Gasteiger partial charge in [-0.15, -0.1) is 0 Å². The summed E-state index contributed by atoms with van der Waals surface area (Å²) in [6, 6.07) is 6.47. The lowest BCUT2D eigenvalue weighted by molar-refractivity contribution is -0.148. The molecule has 28 heavy (non-hydrogen) atoms. The number of esters is 2. The molecule has 6 nitrogen and oxygen atoms in total. The maximum Gasteiger partial charge on any atom is 0.338 e. The highest BCUT2D eigenvalue weighted by Gasteiger charge is 2.40. The molecule has 1 aromatic carbocycles. The molecular formula is C22H29NO5. The van der Waals surface area contributed by atoms with Crippen LogP contribution in [0.15, 0.2) is 24.3 Å². The highest BCUT2D eigenvalue weighted by molar-refractivity contribution is 5.94. The van der Waals surface area contributed by atoms with Crippen molar-refractivity contribution in [2.24, 2.45) is 17.8 Å². The molecule has 1 aromatic rings. The molecule has 152 valence electrons. The first-order chi connectivity index (χ1) is 13.5. The first-order valence-corrected chi connectivity index (χ1v) is 10.3. The Bertz CT molecular complexity index is 699. The Hall–Kier alpha value is -2.37. The largest absolute Gasteiger partial charge is 0.462 e. The third-order valence-corrected chi connectivity index (χ3v) is 5.81. The molecule has 3 rings (SSSR count). The number of ether oxygens (including phenoxy) is 2. The smallest absolute Gasteiger partial charge is 0.338 e. The average molecular weight is 387 g/mol. The van der Waals surface area contributed by atoms with Crippen molar-refractivity contribution in [2.75, 3.05) is 18.5 Å². The molecule has 0 unspecified atom stereocenters. The van der Waals surface area contributed by atoms with E-state index in [1.165, 1.54) is 19.3 Å². The molecule has 0 radical (unpaired) electrons. The van der Waals surface area contributed by atoms with Gasteiger partial charge in [-0.1, -0.05) is 19.8 Å². The van der Waals surface area contributed by atoms with E-state index in [9.17, 15) is 14.4 Å². The van der Waals surface area contributed by atoms with Crippen LogP contribution < -0.4 is 5.32 Å². The van der Waals surface area contributed by atoms with Crippen LogP contribution in [0.5, 0.6) is 0 Å². The van der Waals surface area contributed by atoms with Gasteiger partial charge in [-0.05, 0) is 67.7 Å². The monoisotopic (exact) mass is 387 g/mol. The Kier molecular flexibility index (Phi) is 7.06. The second-order valence-corrected chi connectivity index (χ2v) is 7.91. The third kappa shape index (κ3) is 5.57. The molecule has 1 amide bonds. The van der Waals surface area contributed by atoms with E-state index in [-0.39, 0.29) is 24.5 Å². The zero-order valence-electron chi connectivity index (χ0n) is 16.4. The van der Waals surface area contributed by atoms with E-state index in [1.807, 2.05) is 6.92 Å². The van der Waals surface area contributed by atoms with Crippen LogP contribution in [0.1, 0.15) is 62.2 Å². The number of anilines is 1. The fourth-order valence-electron chi connectivity index (χ4n) is 4.32. The number of hydrogen-bond acceptors (Lipinski definition) is 5. The van der Waals surface area contributed by atoms with Crippen LogP contribution in [0.25, 0.3) is 0 Å². The maximum atomic E-state index is 12.0. The molecule has 0 saturated heterocycles. The van der Waals surface area contributed by atoms with Crippen molar-refractivity contribution in [1.29, 1.82) is 0 Å². The van der Waals surface area contributed by atoms with E-state index in [4.69, 9.17) is 9.47 Å². The fourth-order valence-corrected chi connectivity index (χ4v) is 4.32. The molecule has 2 saturated carbocycles. The number of amides is 1. The van der Waals surface area contributed by atoms with Crippen molar-refractivity contribution in [3.05, 3.63) is 29.8 Å². The minimum Gasteiger partial charge on any atom is -0.462 e. The lowest BCUT2D eigenvalue weighted by Crippen LogP contribution is -2.23. The molecule has 2 bridgehead atoms. The highest BCUT2D eigenvalue weighted by Crippen LogP contribution is 2.49. The molecule has 0 aliphatic heterocycles. The summed E-state index contributed by atoms with van der Waals surface area (Å²) >= 11 is 0. The summed E-state index contributed by atoms with van der Waals surface area (Å²) in [5.74, 6) is 0.828. The van der Waals surface area contributed by atoms with Crippen LogP contribution in [0.2, 0.25) is 0 Å². The first-order valence-electron chi connectivity index (χ1n) is 10.3. The Labute approximate surface area is 166 Å². The van der Waals surface area contributed by atoms with Crippen molar-refractivity contribution in [1.82, 2.24) is 0 Å². The minimum atomic E-state index is -0.389. The number of fused-ring (bicyclic) bond motifs is 2. The Morgan fingerprint density at radius 3 is 2.50 bits per heavy atom. The van der Waals surface area contributed by atoms with Crippen molar-refractivity contribution in [3.63, 3.8) is 0 Å². The predicted molar refractivity (Wildman–Crippen MR) is 105 cm³/mol. The number of rotatable bonds is 9. The number of benzene rings is 1. The van der Waals surface area contributed by atoms with Gasteiger partial charge >= 0.3 is 11.9 Å². The van der Waals surface area contributed by atoms with Crippen LogP contribution >= 0.6 is 0 Å². The van der Waals surface area contributed by atoms with E-state index in [0.717, 1.165) is 25.2 Å². The van der Waals surface area contributed by atoms with E-state index in [2.05, 4.69) is 5.32 Å². The van der Waals surface area contributed by atoms with Crippen molar-refractivity contribution in [2.45, 2.75) is 51.9 Å². The molecule has 2 fully saturated rings. The predicted octanol–water partition coefficient (Wildman–Crippen LogP) is 3.95.